The SMILES string of the molecule is CC(C)CNc1nc(NCc2ccccc2F)cc(-c2ccccc2)n1. The summed E-state index contributed by atoms with van der Waals surface area (Å²) in [6.45, 7) is 5.41. The Kier molecular flexibility index (Phi) is 5.79. The van der Waals surface area contributed by atoms with Crippen LogP contribution < -0.4 is 10.6 Å². The van der Waals surface area contributed by atoms with Gasteiger partial charge in [-0.2, -0.15) is 4.98 Å². The van der Waals surface area contributed by atoms with Crippen LogP contribution in [0.3, 0.4) is 0 Å². The number of nitrogens with zero attached hydrogens (tertiary/aromatic N) is 2. The van der Waals surface area contributed by atoms with E-state index in [9.17, 15) is 4.39 Å². The molecule has 2 N–H and O–H groups in total. The number of hydrogen-bond donors (Lipinski definition) is 2. The van der Waals surface area contributed by atoms with Gasteiger partial charge in [0, 0.05) is 30.3 Å². The van der Waals surface area contributed by atoms with Gasteiger partial charge in [0.25, 0.3) is 0 Å². The molecule has 0 aliphatic carbocycles. The van der Waals surface area contributed by atoms with Crippen molar-refractivity contribution in [1.82, 2.24) is 9.97 Å². The van der Waals surface area contributed by atoms with Crippen molar-refractivity contribution >= 4 is 11.8 Å². The van der Waals surface area contributed by atoms with Gasteiger partial charge in [-0.15, -0.1) is 0 Å². The van der Waals surface area contributed by atoms with Gasteiger partial charge in [-0.1, -0.05) is 62.4 Å². The van der Waals surface area contributed by atoms with Crippen molar-refractivity contribution in [3.63, 3.8) is 0 Å². The maximum Gasteiger partial charge on any atom is 0.225 e. The fourth-order valence-electron chi connectivity index (χ4n) is 2.50. The smallest absolute Gasteiger partial charge is 0.225 e. The first-order chi connectivity index (χ1) is 12.6. The lowest BCUT2D eigenvalue weighted by atomic mass is 10.1. The largest absolute Gasteiger partial charge is 0.366 e. The molecule has 5 heteroatoms. The summed E-state index contributed by atoms with van der Waals surface area (Å²) in [6.07, 6.45) is 0. The monoisotopic (exact) mass is 350 g/mol. The summed E-state index contributed by atoms with van der Waals surface area (Å²) in [4.78, 5) is 9.13. The molecule has 1 heterocycles. The summed E-state index contributed by atoms with van der Waals surface area (Å²) in [7, 11) is 0. The first kappa shape index (κ1) is 17.9. The molecule has 0 spiro atoms. The van der Waals surface area contributed by atoms with E-state index in [1.807, 2.05) is 42.5 Å². The van der Waals surface area contributed by atoms with Crippen molar-refractivity contribution < 1.29 is 4.39 Å². The summed E-state index contributed by atoms with van der Waals surface area (Å²) < 4.78 is 13.8. The van der Waals surface area contributed by atoms with Crippen LogP contribution in [0.15, 0.2) is 60.7 Å². The van der Waals surface area contributed by atoms with Crippen molar-refractivity contribution in [1.29, 1.82) is 0 Å². The minimum atomic E-state index is -0.226. The molecule has 134 valence electrons. The van der Waals surface area contributed by atoms with E-state index >= 15 is 0 Å². The van der Waals surface area contributed by atoms with Crippen LogP contribution in [0.25, 0.3) is 11.3 Å². The molecule has 3 rings (SSSR count). The summed E-state index contributed by atoms with van der Waals surface area (Å²) >= 11 is 0. The van der Waals surface area contributed by atoms with Crippen LogP contribution in [0.1, 0.15) is 19.4 Å². The molecule has 0 radical (unpaired) electrons. The Labute approximate surface area is 153 Å². The normalized spacial score (nSPS) is 10.8. The van der Waals surface area contributed by atoms with Gasteiger partial charge in [0.1, 0.15) is 11.6 Å². The number of halogens is 1. The third-order valence-electron chi connectivity index (χ3n) is 3.88. The highest BCUT2D eigenvalue weighted by Gasteiger charge is 2.08. The number of hydrogen-bond acceptors (Lipinski definition) is 4. The van der Waals surface area contributed by atoms with Gasteiger partial charge in [-0.05, 0) is 12.0 Å². The first-order valence-corrected chi connectivity index (χ1v) is 8.77. The fraction of sp³-hybridized carbons (Fsp3) is 0.238. The number of anilines is 2. The zero-order valence-corrected chi connectivity index (χ0v) is 15.0. The van der Waals surface area contributed by atoms with Crippen molar-refractivity contribution in [2.24, 2.45) is 5.92 Å². The number of benzene rings is 2. The average molecular weight is 350 g/mol. The Balaban J connectivity index is 1.85. The molecule has 0 aliphatic heterocycles. The van der Waals surface area contributed by atoms with E-state index < -0.39 is 0 Å². The van der Waals surface area contributed by atoms with Crippen LogP contribution in [0.2, 0.25) is 0 Å². The standard InChI is InChI=1S/C21H23FN4/c1-15(2)13-24-21-25-19(16-8-4-3-5-9-16)12-20(26-21)23-14-17-10-6-7-11-18(17)22/h3-12,15H,13-14H2,1-2H3,(H2,23,24,25,26). The van der Waals surface area contributed by atoms with Gasteiger partial charge in [-0.25, -0.2) is 9.37 Å². The van der Waals surface area contributed by atoms with Gasteiger partial charge in [0.2, 0.25) is 5.95 Å². The molecule has 3 aromatic rings. The van der Waals surface area contributed by atoms with Gasteiger partial charge in [0.05, 0.1) is 5.69 Å². The summed E-state index contributed by atoms with van der Waals surface area (Å²) in [5.74, 6) is 1.48. The molecule has 0 aliphatic rings. The third kappa shape index (κ3) is 4.79. The highest BCUT2D eigenvalue weighted by molar-refractivity contribution is 5.64. The second kappa shape index (κ2) is 8.43. The van der Waals surface area contributed by atoms with E-state index in [0.717, 1.165) is 17.8 Å². The third-order valence-corrected chi connectivity index (χ3v) is 3.88. The molecule has 0 unspecified atom stereocenters. The number of nitrogens with one attached hydrogen (secondary N) is 2. The fourth-order valence-corrected chi connectivity index (χ4v) is 2.50. The molecular weight excluding hydrogens is 327 g/mol. The molecular formula is C21H23FN4. The van der Waals surface area contributed by atoms with Gasteiger partial charge in [-0.3, -0.25) is 0 Å². The predicted molar refractivity (Wildman–Crippen MR) is 105 cm³/mol. The first-order valence-electron chi connectivity index (χ1n) is 8.77. The number of rotatable bonds is 7. The Bertz CT molecular complexity index is 850. The molecule has 1 aromatic heterocycles. The maximum atomic E-state index is 13.8. The second-order valence-electron chi connectivity index (χ2n) is 6.55. The summed E-state index contributed by atoms with van der Waals surface area (Å²) in [5, 5.41) is 6.48. The lowest BCUT2D eigenvalue weighted by molar-refractivity contribution is 0.613. The molecule has 0 bridgehead atoms. The van der Waals surface area contributed by atoms with Crippen molar-refractivity contribution in [3.8, 4) is 11.3 Å². The molecule has 0 saturated carbocycles. The lowest BCUT2D eigenvalue weighted by Crippen LogP contribution is -2.12. The molecule has 0 atom stereocenters. The van der Waals surface area contributed by atoms with Crippen LogP contribution in [0.5, 0.6) is 0 Å². The Hall–Kier alpha value is -2.95. The van der Waals surface area contributed by atoms with Crippen molar-refractivity contribution in [3.05, 3.63) is 72.0 Å². The van der Waals surface area contributed by atoms with Gasteiger partial charge >= 0.3 is 0 Å². The molecule has 4 nitrogen and oxygen atoms in total. The second-order valence-corrected chi connectivity index (χ2v) is 6.55. The minimum absolute atomic E-state index is 0.226. The average Bonchev–Trinajstić information content (AvgIpc) is 2.66. The maximum absolute atomic E-state index is 13.8. The molecule has 0 saturated heterocycles. The van der Waals surface area contributed by atoms with E-state index in [2.05, 4.69) is 34.4 Å². The van der Waals surface area contributed by atoms with E-state index in [4.69, 9.17) is 0 Å². The Morgan fingerprint density at radius 2 is 1.65 bits per heavy atom. The highest BCUT2D eigenvalue weighted by Crippen LogP contribution is 2.22. The van der Waals surface area contributed by atoms with Crippen molar-refractivity contribution in [2.75, 3.05) is 17.2 Å². The minimum Gasteiger partial charge on any atom is -0.366 e. The zero-order chi connectivity index (χ0) is 18.4. The van der Waals surface area contributed by atoms with E-state index in [1.54, 1.807) is 12.1 Å². The van der Waals surface area contributed by atoms with E-state index in [-0.39, 0.29) is 5.82 Å². The van der Waals surface area contributed by atoms with Crippen LogP contribution in [0, 0.1) is 11.7 Å². The molecule has 2 aromatic carbocycles. The topological polar surface area (TPSA) is 49.8 Å². The zero-order valence-electron chi connectivity index (χ0n) is 15.0. The van der Waals surface area contributed by atoms with E-state index in [0.29, 0.717) is 29.8 Å². The summed E-state index contributed by atoms with van der Waals surface area (Å²) in [5.41, 5.74) is 2.43. The quantitative estimate of drug-likeness (QED) is 0.632. The van der Waals surface area contributed by atoms with Crippen LogP contribution in [0.4, 0.5) is 16.2 Å². The van der Waals surface area contributed by atoms with Crippen LogP contribution in [-0.2, 0) is 6.54 Å². The number of aromatic nitrogens is 2. The Morgan fingerprint density at radius 3 is 2.38 bits per heavy atom. The molecule has 0 fully saturated rings. The lowest BCUT2D eigenvalue weighted by Gasteiger charge is -2.13. The Morgan fingerprint density at radius 1 is 0.923 bits per heavy atom. The van der Waals surface area contributed by atoms with Crippen molar-refractivity contribution in [2.45, 2.75) is 20.4 Å². The highest BCUT2D eigenvalue weighted by atomic mass is 19.1. The predicted octanol–water partition coefficient (Wildman–Crippen LogP) is 4.96. The van der Waals surface area contributed by atoms with E-state index in [1.165, 1.54) is 6.07 Å². The molecule has 0 amide bonds. The van der Waals surface area contributed by atoms with Crippen LogP contribution >= 0.6 is 0 Å². The van der Waals surface area contributed by atoms with Gasteiger partial charge < -0.3 is 10.6 Å². The van der Waals surface area contributed by atoms with Crippen LogP contribution in [-0.4, -0.2) is 16.5 Å². The summed E-state index contributed by atoms with van der Waals surface area (Å²) in [6, 6.07) is 18.6. The van der Waals surface area contributed by atoms with Gasteiger partial charge in [0.15, 0.2) is 0 Å². The molecule has 26 heavy (non-hydrogen) atoms.